The van der Waals surface area contributed by atoms with E-state index in [1.165, 1.54) is 43.7 Å². The molecule has 0 bridgehead atoms. The van der Waals surface area contributed by atoms with Gasteiger partial charge in [0.05, 0.1) is 23.9 Å². The molecule has 0 spiro atoms. The predicted molar refractivity (Wildman–Crippen MR) is 113 cm³/mol. The lowest BCUT2D eigenvalue weighted by atomic mass is 10.1. The number of nitrogens with zero attached hydrogens (tertiary/aromatic N) is 2. The minimum atomic E-state index is -0.530. The number of aryl methyl sites for hydroxylation is 1. The summed E-state index contributed by atoms with van der Waals surface area (Å²) in [4.78, 5) is 11.1. The topological polar surface area (TPSA) is 86.0 Å². The van der Waals surface area contributed by atoms with Gasteiger partial charge in [-0.2, -0.15) is 5.10 Å². The Bertz CT molecular complexity index is 1050. The predicted octanol–water partition coefficient (Wildman–Crippen LogP) is 5.08. The Hall–Kier alpha value is -3.94. The average Bonchev–Trinajstić information content (AvgIpc) is 2.74. The third kappa shape index (κ3) is 5.32. The number of rotatable bonds is 8. The first-order valence-corrected chi connectivity index (χ1v) is 9.05. The van der Waals surface area contributed by atoms with Crippen LogP contribution in [0, 0.1) is 22.9 Å². The SMILES string of the molecule is COc1cc(/C=N/Nc2ccc(F)cc2)cc([N+](=O)[O-])c1OCc1ccc(C)cc1. The van der Waals surface area contributed by atoms with Crippen molar-refractivity contribution in [2.75, 3.05) is 12.5 Å². The first-order valence-electron chi connectivity index (χ1n) is 9.05. The van der Waals surface area contributed by atoms with Crippen molar-refractivity contribution >= 4 is 17.6 Å². The first-order chi connectivity index (χ1) is 14.5. The van der Waals surface area contributed by atoms with Crippen LogP contribution in [0.1, 0.15) is 16.7 Å². The highest BCUT2D eigenvalue weighted by molar-refractivity contribution is 5.83. The second-order valence-corrected chi connectivity index (χ2v) is 6.48. The van der Waals surface area contributed by atoms with Gasteiger partial charge >= 0.3 is 5.69 Å². The largest absolute Gasteiger partial charge is 0.493 e. The van der Waals surface area contributed by atoms with Gasteiger partial charge in [-0.1, -0.05) is 29.8 Å². The molecule has 1 N–H and O–H groups in total. The molecule has 0 saturated carbocycles. The zero-order valence-corrected chi connectivity index (χ0v) is 16.5. The van der Waals surface area contributed by atoms with E-state index < -0.39 is 4.92 Å². The maximum Gasteiger partial charge on any atom is 0.315 e. The van der Waals surface area contributed by atoms with E-state index in [1.807, 2.05) is 31.2 Å². The van der Waals surface area contributed by atoms with Crippen molar-refractivity contribution < 1.29 is 18.8 Å². The van der Waals surface area contributed by atoms with Crippen molar-refractivity contribution in [3.63, 3.8) is 0 Å². The van der Waals surface area contributed by atoms with Crippen LogP contribution < -0.4 is 14.9 Å². The Morgan fingerprint density at radius 2 is 1.83 bits per heavy atom. The lowest BCUT2D eigenvalue weighted by Gasteiger charge is -2.12. The standard InChI is InChI=1S/C22H20FN3O4/c1-15-3-5-16(6-4-15)14-30-22-20(26(27)28)11-17(12-21(22)29-2)13-24-25-19-9-7-18(23)8-10-19/h3-13,25H,14H2,1-2H3/b24-13+. The number of benzene rings is 3. The van der Waals surface area contributed by atoms with Crippen molar-refractivity contribution in [2.24, 2.45) is 5.10 Å². The molecule has 0 saturated heterocycles. The number of nitro benzene ring substituents is 1. The van der Waals surface area contributed by atoms with E-state index in [4.69, 9.17) is 9.47 Å². The number of nitro groups is 1. The zero-order chi connectivity index (χ0) is 21.5. The molecule has 0 amide bonds. The monoisotopic (exact) mass is 409 g/mol. The summed E-state index contributed by atoms with van der Waals surface area (Å²) in [6, 6.07) is 16.3. The van der Waals surface area contributed by atoms with Crippen molar-refractivity contribution in [3.05, 3.63) is 93.3 Å². The third-order valence-electron chi connectivity index (χ3n) is 4.23. The molecule has 7 nitrogen and oxygen atoms in total. The van der Waals surface area contributed by atoms with Crippen LogP contribution in [0.2, 0.25) is 0 Å². The van der Waals surface area contributed by atoms with Gasteiger partial charge in [0.1, 0.15) is 12.4 Å². The molecule has 30 heavy (non-hydrogen) atoms. The lowest BCUT2D eigenvalue weighted by molar-refractivity contribution is -0.386. The molecule has 0 radical (unpaired) electrons. The van der Waals surface area contributed by atoms with Gasteiger partial charge in [-0.05, 0) is 42.8 Å². The first kappa shape index (κ1) is 20.8. The molecule has 0 aromatic heterocycles. The highest BCUT2D eigenvalue weighted by Gasteiger charge is 2.22. The summed E-state index contributed by atoms with van der Waals surface area (Å²) in [6.45, 7) is 2.14. The molecule has 3 rings (SSSR count). The summed E-state index contributed by atoms with van der Waals surface area (Å²) in [6.07, 6.45) is 1.41. The highest BCUT2D eigenvalue weighted by atomic mass is 19.1. The smallest absolute Gasteiger partial charge is 0.315 e. The summed E-state index contributed by atoms with van der Waals surface area (Å²) in [5, 5.41) is 15.6. The molecular formula is C22H20FN3O4. The maximum atomic E-state index is 12.9. The summed E-state index contributed by atoms with van der Waals surface area (Å²) in [5.41, 5.74) is 5.51. The van der Waals surface area contributed by atoms with Crippen LogP contribution in [0.5, 0.6) is 11.5 Å². The van der Waals surface area contributed by atoms with Gasteiger partial charge in [-0.3, -0.25) is 15.5 Å². The molecule has 0 atom stereocenters. The number of hydrazone groups is 1. The molecule has 0 unspecified atom stereocenters. The van der Waals surface area contributed by atoms with Crippen LogP contribution >= 0.6 is 0 Å². The van der Waals surface area contributed by atoms with Gasteiger partial charge in [0.15, 0.2) is 5.75 Å². The fraction of sp³-hybridized carbons (Fsp3) is 0.136. The normalized spacial score (nSPS) is 10.8. The number of hydrogen-bond acceptors (Lipinski definition) is 6. The molecule has 3 aromatic carbocycles. The number of methoxy groups -OCH3 is 1. The Balaban J connectivity index is 1.81. The molecule has 0 aliphatic heterocycles. The van der Waals surface area contributed by atoms with Crippen molar-refractivity contribution in [1.82, 2.24) is 0 Å². The van der Waals surface area contributed by atoms with Crippen molar-refractivity contribution in [1.29, 1.82) is 0 Å². The quantitative estimate of drug-likeness (QED) is 0.319. The molecule has 3 aromatic rings. The summed E-state index contributed by atoms with van der Waals surface area (Å²) in [5.74, 6) is -0.0858. The summed E-state index contributed by atoms with van der Waals surface area (Å²) in [7, 11) is 1.41. The number of ether oxygens (including phenoxy) is 2. The van der Waals surface area contributed by atoms with Gasteiger partial charge in [-0.15, -0.1) is 0 Å². The van der Waals surface area contributed by atoms with Crippen LogP contribution in [-0.2, 0) is 6.61 Å². The number of hydrogen-bond donors (Lipinski definition) is 1. The minimum absolute atomic E-state index is 0.0479. The molecule has 154 valence electrons. The average molecular weight is 409 g/mol. The maximum absolute atomic E-state index is 12.9. The van der Waals surface area contributed by atoms with Gasteiger partial charge in [-0.25, -0.2) is 4.39 Å². The number of nitrogens with one attached hydrogen (secondary N) is 1. The Morgan fingerprint density at radius 1 is 1.13 bits per heavy atom. The van der Waals surface area contributed by atoms with Crippen LogP contribution in [0.3, 0.4) is 0 Å². The molecule has 0 fully saturated rings. The van der Waals surface area contributed by atoms with E-state index in [9.17, 15) is 14.5 Å². The van der Waals surface area contributed by atoms with Crippen LogP contribution in [-0.4, -0.2) is 18.2 Å². The summed E-state index contributed by atoms with van der Waals surface area (Å²) < 4.78 is 24.0. The fourth-order valence-electron chi connectivity index (χ4n) is 2.66. The van der Waals surface area contributed by atoms with Crippen LogP contribution in [0.25, 0.3) is 0 Å². The Kier molecular flexibility index (Phi) is 6.59. The zero-order valence-electron chi connectivity index (χ0n) is 16.5. The molecule has 0 aliphatic rings. The van der Waals surface area contributed by atoms with E-state index in [0.29, 0.717) is 11.3 Å². The van der Waals surface area contributed by atoms with Crippen molar-refractivity contribution in [2.45, 2.75) is 13.5 Å². The fourth-order valence-corrected chi connectivity index (χ4v) is 2.66. The lowest BCUT2D eigenvalue weighted by Crippen LogP contribution is -2.03. The van der Waals surface area contributed by atoms with E-state index in [2.05, 4.69) is 10.5 Å². The minimum Gasteiger partial charge on any atom is -0.493 e. The van der Waals surface area contributed by atoms with E-state index in [0.717, 1.165) is 11.1 Å². The Labute approximate surface area is 172 Å². The van der Waals surface area contributed by atoms with Crippen LogP contribution in [0.15, 0.2) is 65.8 Å². The van der Waals surface area contributed by atoms with Crippen molar-refractivity contribution in [3.8, 4) is 11.5 Å². The second kappa shape index (κ2) is 9.51. The third-order valence-corrected chi connectivity index (χ3v) is 4.23. The molecule has 0 aliphatic carbocycles. The molecule has 8 heteroatoms. The van der Waals surface area contributed by atoms with Gasteiger partial charge in [0.25, 0.3) is 0 Å². The Morgan fingerprint density at radius 3 is 2.47 bits per heavy atom. The van der Waals surface area contributed by atoms with Gasteiger partial charge in [0.2, 0.25) is 5.75 Å². The molecular weight excluding hydrogens is 389 g/mol. The van der Waals surface area contributed by atoms with Gasteiger partial charge < -0.3 is 9.47 Å². The van der Waals surface area contributed by atoms with Gasteiger partial charge in [0, 0.05) is 11.6 Å². The van der Waals surface area contributed by atoms with E-state index in [1.54, 1.807) is 6.07 Å². The second-order valence-electron chi connectivity index (χ2n) is 6.48. The highest BCUT2D eigenvalue weighted by Crippen LogP contribution is 2.38. The number of halogens is 1. The molecule has 0 heterocycles. The number of anilines is 1. The van der Waals surface area contributed by atoms with Crippen LogP contribution in [0.4, 0.5) is 15.8 Å². The summed E-state index contributed by atoms with van der Waals surface area (Å²) >= 11 is 0. The van der Waals surface area contributed by atoms with E-state index in [-0.39, 0.29) is 29.6 Å². The van der Waals surface area contributed by atoms with E-state index >= 15 is 0 Å².